The van der Waals surface area contributed by atoms with Crippen molar-refractivity contribution in [3.8, 4) is 5.75 Å². The lowest BCUT2D eigenvalue weighted by atomic mass is 9.69. The zero-order valence-corrected chi connectivity index (χ0v) is 19.4. The summed E-state index contributed by atoms with van der Waals surface area (Å²) in [6, 6.07) is 17.2. The van der Waals surface area contributed by atoms with Gasteiger partial charge < -0.3 is 20.1 Å². The summed E-state index contributed by atoms with van der Waals surface area (Å²) in [4.78, 5) is 15.2. The quantitative estimate of drug-likeness (QED) is 0.659. The standard InChI is InChI=1S/C23H30N2O3.2ClH/c1-25(2)16-19-14-20(24)12-13-23(19,18-10-7-11-21(15-18)27-3)28-22(26)17-8-5-4-6-9-17;;/h4-11,15,19-20H,12-14,16,24H2,1-3H3;2*1H. The summed E-state index contributed by atoms with van der Waals surface area (Å²) in [7, 11) is 5.72. The molecular weight excluding hydrogens is 423 g/mol. The average Bonchev–Trinajstić information content (AvgIpc) is 2.70. The summed E-state index contributed by atoms with van der Waals surface area (Å²) in [5.74, 6) is 0.541. The highest BCUT2D eigenvalue weighted by Crippen LogP contribution is 2.46. The first-order valence-electron chi connectivity index (χ1n) is 9.78. The summed E-state index contributed by atoms with van der Waals surface area (Å²) in [5, 5.41) is 0. The molecule has 2 aromatic rings. The number of esters is 1. The Morgan fingerprint density at radius 3 is 2.47 bits per heavy atom. The molecule has 30 heavy (non-hydrogen) atoms. The second kappa shape index (κ2) is 11.6. The van der Waals surface area contributed by atoms with Crippen molar-refractivity contribution in [1.82, 2.24) is 4.90 Å². The molecule has 0 bridgehead atoms. The topological polar surface area (TPSA) is 64.8 Å². The highest BCUT2D eigenvalue weighted by atomic mass is 35.5. The SMILES string of the molecule is COc1cccc(C2(OC(=O)c3ccccc3)CCC(N)CC2CN(C)C)c1.Cl.Cl. The molecule has 2 N–H and O–H groups in total. The third-order valence-electron chi connectivity index (χ3n) is 5.56. The predicted octanol–water partition coefficient (Wildman–Crippen LogP) is 4.28. The minimum absolute atomic E-state index is 0. The molecule has 0 radical (unpaired) electrons. The molecular formula is C23H32Cl2N2O3. The van der Waals surface area contributed by atoms with Crippen LogP contribution in [-0.2, 0) is 10.3 Å². The van der Waals surface area contributed by atoms with E-state index >= 15 is 0 Å². The predicted molar refractivity (Wildman–Crippen MR) is 125 cm³/mol. The molecule has 1 aliphatic carbocycles. The van der Waals surface area contributed by atoms with E-state index in [0.29, 0.717) is 12.0 Å². The van der Waals surface area contributed by atoms with Gasteiger partial charge in [-0.05, 0) is 63.2 Å². The fraction of sp³-hybridized carbons (Fsp3) is 0.435. The van der Waals surface area contributed by atoms with Crippen LogP contribution < -0.4 is 10.5 Å². The van der Waals surface area contributed by atoms with Gasteiger partial charge in [0, 0.05) is 18.5 Å². The van der Waals surface area contributed by atoms with Gasteiger partial charge in [-0.1, -0.05) is 30.3 Å². The maximum absolute atomic E-state index is 13.1. The van der Waals surface area contributed by atoms with Crippen molar-refractivity contribution in [3.63, 3.8) is 0 Å². The van der Waals surface area contributed by atoms with Gasteiger partial charge in [-0.2, -0.15) is 0 Å². The number of nitrogens with zero attached hydrogens (tertiary/aromatic N) is 1. The lowest BCUT2D eigenvalue weighted by molar-refractivity contribution is -0.0856. The number of methoxy groups -OCH3 is 1. The van der Waals surface area contributed by atoms with E-state index in [4.69, 9.17) is 15.2 Å². The second-order valence-electron chi connectivity index (χ2n) is 7.87. The van der Waals surface area contributed by atoms with Gasteiger partial charge in [0.15, 0.2) is 0 Å². The van der Waals surface area contributed by atoms with E-state index in [-0.39, 0.29) is 42.7 Å². The molecule has 0 aromatic heterocycles. The zero-order chi connectivity index (χ0) is 20.1. The Morgan fingerprint density at radius 1 is 1.13 bits per heavy atom. The number of benzene rings is 2. The normalized spacial score (nSPS) is 23.1. The minimum atomic E-state index is -0.735. The van der Waals surface area contributed by atoms with Gasteiger partial charge in [0.25, 0.3) is 0 Å². The Morgan fingerprint density at radius 2 is 1.83 bits per heavy atom. The first-order valence-corrected chi connectivity index (χ1v) is 9.78. The lowest BCUT2D eigenvalue weighted by Gasteiger charge is -2.46. The van der Waals surface area contributed by atoms with E-state index in [2.05, 4.69) is 4.90 Å². The molecule has 0 heterocycles. The molecule has 1 fully saturated rings. The number of ether oxygens (including phenoxy) is 2. The number of rotatable bonds is 6. The van der Waals surface area contributed by atoms with E-state index in [1.807, 2.05) is 56.6 Å². The van der Waals surface area contributed by atoms with Crippen LogP contribution in [0.5, 0.6) is 5.75 Å². The minimum Gasteiger partial charge on any atom is -0.497 e. The van der Waals surface area contributed by atoms with Gasteiger partial charge in [0.2, 0.25) is 0 Å². The number of hydrogen-bond donors (Lipinski definition) is 1. The molecule has 166 valence electrons. The van der Waals surface area contributed by atoms with Gasteiger partial charge in [-0.25, -0.2) is 4.79 Å². The molecule has 3 unspecified atom stereocenters. The number of halogens is 2. The van der Waals surface area contributed by atoms with E-state index in [1.165, 1.54) is 0 Å². The summed E-state index contributed by atoms with van der Waals surface area (Å²) >= 11 is 0. The molecule has 0 aliphatic heterocycles. The first-order chi connectivity index (χ1) is 13.4. The van der Waals surface area contributed by atoms with Crippen LogP contribution in [0.15, 0.2) is 54.6 Å². The fourth-order valence-electron chi connectivity index (χ4n) is 4.20. The summed E-state index contributed by atoms with van der Waals surface area (Å²) < 4.78 is 11.8. The highest BCUT2D eigenvalue weighted by molar-refractivity contribution is 5.89. The number of carbonyl (C=O) groups is 1. The first kappa shape index (κ1) is 26.2. The third-order valence-corrected chi connectivity index (χ3v) is 5.56. The lowest BCUT2D eigenvalue weighted by Crippen LogP contribution is -2.50. The largest absolute Gasteiger partial charge is 0.497 e. The molecule has 0 amide bonds. The Balaban J connectivity index is 0.00000225. The highest BCUT2D eigenvalue weighted by Gasteiger charge is 2.48. The van der Waals surface area contributed by atoms with Crippen molar-refractivity contribution in [2.75, 3.05) is 27.7 Å². The Bertz CT molecular complexity index is 802. The van der Waals surface area contributed by atoms with Gasteiger partial charge >= 0.3 is 5.97 Å². The third kappa shape index (κ3) is 5.88. The molecule has 3 rings (SSSR count). The van der Waals surface area contributed by atoms with Crippen LogP contribution >= 0.6 is 24.8 Å². The van der Waals surface area contributed by atoms with Gasteiger partial charge in [0.05, 0.1) is 12.7 Å². The van der Waals surface area contributed by atoms with Gasteiger partial charge in [-0.3, -0.25) is 0 Å². The summed E-state index contributed by atoms with van der Waals surface area (Å²) in [5.41, 5.74) is 7.11. The summed E-state index contributed by atoms with van der Waals surface area (Å²) in [6.07, 6.45) is 2.30. The maximum atomic E-state index is 13.1. The van der Waals surface area contributed by atoms with Crippen LogP contribution in [0.3, 0.4) is 0 Å². The number of hydrogen-bond acceptors (Lipinski definition) is 5. The van der Waals surface area contributed by atoms with Crippen molar-refractivity contribution in [2.45, 2.75) is 30.9 Å². The van der Waals surface area contributed by atoms with Crippen LogP contribution in [0.2, 0.25) is 0 Å². The van der Waals surface area contributed by atoms with E-state index in [9.17, 15) is 4.79 Å². The fourth-order valence-corrected chi connectivity index (χ4v) is 4.20. The molecule has 2 aromatic carbocycles. The maximum Gasteiger partial charge on any atom is 0.339 e. The van der Waals surface area contributed by atoms with E-state index in [0.717, 1.165) is 30.7 Å². The van der Waals surface area contributed by atoms with Gasteiger partial charge in [0.1, 0.15) is 11.4 Å². The van der Waals surface area contributed by atoms with Gasteiger partial charge in [-0.15, -0.1) is 24.8 Å². The average molecular weight is 455 g/mol. The Kier molecular flexibility index (Phi) is 10.1. The Hall–Kier alpha value is -1.79. The molecule has 3 atom stereocenters. The van der Waals surface area contributed by atoms with Crippen molar-refractivity contribution < 1.29 is 14.3 Å². The molecule has 5 nitrogen and oxygen atoms in total. The molecule has 0 saturated heterocycles. The second-order valence-corrected chi connectivity index (χ2v) is 7.87. The van der Waals surface area contributed by atoms with Crippen molar-refractivity contribution in [3.05, 3.63) is 65.7 Å². The van der Waals surface area contributed by atoms with Crippen molar-refractivity contribution in [2.24, 2.45) is 11.7 Å². The van der Waals surface area contributed by atoms with Crippen LogP contribution in [-0.4, -0.2) is 44.7 Å². The van der Waals surface area contributed by atoms with Crippen molar-refractivity contribution >= 4 is 30.8 Å². The Labute approximate surface area is 191 Å². The monoisotopic (exact) mass is 454 g/mol. The summed E-state index contributed by atoms with van der Waals surface area (Å²) in [6.45, 7) is 0.785. The molecule has 1 aliphatic rings. The van der Waals surface area contributed by atoms with Crippen LogP contribution in [0.25, 0.3) is 0 Å². The van der Waals surface area contributed by atoms with E-state index in [1.54, 1.807) is 19.2 Å². The zero-order valence-electron chi connectivity index (χ0n) is 17.7. The van der Waals surface area contributed by atoms with Crippen LogP contribution in [0.4, 0.5) is 0 Å². The van der Waals surface area contributed by atoms with Crippen LogP contribution in [0.1, 0.15) is 35.2 Å². The number of nitrogens with two attached hydrogens (primary N) is 1. The van der Waals surface area contributed by atoms with Crippen molar-refractivity contribution in [1.29, 1.82) is 0 Å². The van der Waals surface area contributed by atoms with E-state index < -0.39 is 5.60 Å². The number of carbonyl (C=O) groups excluding carboxylic acids is 1. The molecule has 1 saturated carbocycles. The smallest absolute Gasteiger partial charge is 0.339 e. The molecule has 7 heteroatoms. The van der Waals surface area contributed by atoms with Crippen LogP contribution in [0, 0.1) is 5.92 Å². The molecule has 0 spiro atoms.